The quantitative estimate of drug-likeness (QED) is 0.674. The van der Waals surface area contributed by atoms with Gasteiger partial charge in [-0.25, -0.2) is 4.79 Å². The Morgan fingerprint density at radius 3 is 2.52 bits per heavy atom. The molecular formula is C15H21NO5. The van der Waals surface area contributed by atoms with E-state index in [1.54, 1.807) is 38.3 Å². The zero-order chi connectivity index (χ0) is 15.7. The van der Waals surface area contributed by atoms with Crippen molar-refractivity contribution < 1.29 is 24.2 Å². The Labute approximate surface area is 124 Å². The standard InChI is InChI=1S/C15H21NO5/c1-11(21-12-7-4-3-5-8-12)14(17)16-13(15(18)19)9-6-10-20-2/h3-5,7-8,11,13H,6,9-10H2,1-2H3,(H,16,17)(H,18,19). The van der Waals surface area contributed by atoms with Gasteiger partial charge in [-0.2, -0.15) is 0 Å². The van der Waals surface area contributed by atoms with Crippen LogP contribution < -0.4 is 10.1 Å². The Balaban J connectivity index is 2.50. The summed E-state index contributed by atoms with van der Waals surface area (Å²) >= 11 is 0. The van der Waals surface area contributed by atoms with Crippen molar-refractivity contribution in [3.05, 3.63) is 30.3 Å². The van der Waals surface area contributed by atoms with E-state index in [0.717, 1.165) is 0 Å². The Morgan fingerprint density at radius 1 is 1.29 bits per heavy atom. The highest BCUT2D eigenvalue weighted by atomic mass is 16.5. The number of methoxy groups -OCH3 is 1. The molecule has 2 unspecified atom stereocenters. The first-order valence-corrected chi connectivity index (χ1v) is 6.78. The molecule has 1 amide bonds. The number of carbonyl (C=O) groups excluding carboxylic acids is 1. The Morgan fingerprint density at radius 2 is 1.95 bits per heavy atom. The first kappa shape index (κ1) is 17.0. The molecule has 0 bridgehead atoms. The molecule has 116 valence electrons. The van der Waals surface area contributed by atoms with Crippen molar-refractivity contribution in [3.8, 4) is 5.75 Å². The number of ether oxygens (including phenoxy) is 2. The van der Waals surface area contributed by atoms with Crippen molar-refractivity contribution >= 4 is 11.9 Å². The summed E-state index contributed by atoms with van der Waals surface area (Å²) in [5.74, 6) is -0.957. The number of carbonyl (C=O) groups is 2. The minimum atomic E-state index is -1.06. The van der Waals surface area contributed by atoms with Crippen molar-refractivity contribution in [3.63, 3.8) is 0 Å². The summed E-state index contributed by atoms with van der Waals surface area (Å²) in [5.41, 5.74) is 0. The van der Waals surface area contributed by atoms with Crippen molar-refractivity contribution in [2.45, 2.75) is 31.9 Å². The predicted molar refractivity (Wildman–Crippen MR) is 77.2 cm³/mol. The van der Waals surface area contributed by atoms with Crippen LogP contribution in [0.3, 0.4) is 0 Å². The van der Waals surface area contributed by atoms with Gasteiger partial charge in [0.15, 0.2) is 6.10 Å². The predicted octanol–water partition coefficient (Wildman–Crippen LogP) is 1.45. The van der Waals surface area contributed by atoms with Crippen LogP contribution in [0, 0.1) is 0 Å². The van der Waals surface area contributed by atoms with Gasteiger partial charge in [0.1, 0.15) is 11.8 Å². The highest BCUT2D eigenvalue weighted by Gasteiger charge is 2.23. The van der Waals surface area contributed by atoms with Crippen LogP contribution in [0.15, 0.2) is 30.3 Å². The fourth-order valence-electron chi connectivity index (χ4n) is 1.73. The maximum Gasteiger partial charge on any atom is 0.326 e. The number of carboxylic acids is 1. The number of para-hydroxylation sites is 1. The van der Waals surface area contributed by atoms with Gasteiger partial charge >= 0.3 is 5.97 Å². The van der Waals surface area contributed by atoms with Crippen molar-refractivity contribution in [1.29, 1.82) is 0 Å². The third kappa shape index (κ3) is 6.27. The number of rotatable bonds is 9. The number of hydrogen-bond acceptors (Lipinski definition) is 4. The summed E-state index contributed by atoms with van der Waals surface area (Å²) in [6.07, 6.45) is 0.103. The second-order valence-corrected chi connectivity index (χ2v) is 4.61. The van der Waals surface area contributed by atoms with Gasteiger partial charge in [0.25, 0.3) is 5.91 Å². The van der Waals surface area contributed by atoms with Gasteiger partial charge in [0.05, 0.1) is 0 Å². The second-order valence-electron chi connectivity index (χ2n) is 4.61. The highest BCUT2D eigenvalue weighted by Crippen LogP contribution is 2.11. The fraction of sp³-hybridized carbons (Fsp3) is 0.467. The summed E-state index contributed by atoms with van der Waals surface area (Å²) in [6, 6.07) is 7.96. The van der Waals surface area contributed by atoms with Crippen LogP contribution in [0.5, 0.6) is 5.75 Å². The Bertz CT molecular complexity index is 449. The van der Waals surface area contributed by atoms with Crippen LogP contribution >= 0.6 is 0 Å². The van der Waals surface area contributed by atoms with Gasteiger partial charge in [-0.05, 0) is 31.9 Å². The maximum atomic E-state index is 12.0. The first-order chi connectivity index (χ1) is 10.0. The minimum absolute atomic E-state index is 0.312. The van der Waals surface area contributed by atoms with Crippen molar-refractivity contribution in [1.82, 2.24) is 5.32 Å². The molecule has 2 atom stereocenters. The van der Waals surface area contributed by atoms with E-state index in [0.29, 0.717) is 25.2 Å². The molecule has 0 spiro atoms. The molecule has 0 aliphatic rings. The summed E-state index contributed by atoms with van der Waals surface area (Å²) in [5, 5.41) is 11.6. The van der Waals surface area contributed by atoms with Crippen LogP contribution in [0.2, 0.25) is 0 Å². The smallest absolute Gasteiger partial charge is 0.326 e. The van der Waals surface area contributed by atoms with Crippen LogP contribution in [0.4, 0.5) is 0 Å². The molecule has 0 fully saturated rings. The molecule has 21 heavy (non-hydrogen) atoms. The van der Waals surface area contributed by atoms with E-state index in [2.05, 4.69) is 5.32 Å². The molecular weight excluding hydrogens is 274 g/mol. The van der Waals surface area contributed by atoms with E-state index in [4.69, 9.17) is 14.6 Å². The van der Waals surface area contributed by atoms with Crippen LogP contribution in [0.1, 0.15) is 19.8 Å². The zero-order valence-electron chi connectivity index (χ0n) is 12.2. The molecule has 6 heteroatoms. The average molecular weight is 295 g/mol. The number of aliphatic carboxylic acids is 1. The Kier molecular flexibility index (Phi) is 7.25. The van der Waals surface area contributed by atoms with Crippen LogP contribution in [0.25, 0.3) is 0 Å². The number of hydrogen-bond donors (Lipinski definition) is 2. The van der Waals surface area contributed by atoms with E-state index in [1.165, 1.54) is 0 Å². The molecule has 0 saturated carbocycles. The highest BCUT2D eigenvalue weighted by molar-refractivity contribution is 5.86. The SMILES string of the molecule is COCCCC(NC(=O)C(C)Oc1ccccc1)C(=O)O. The van der Waals surface area contributed by atoms with Gasteiger partial charge in [-0.3, -0.25) is 4.79 Å². The second kappa shape index (κ2) is 8.97. The van der Waals surface area contributed by atoms with Gasteiger partial charge in [0, 0.05) is 13.7 Å². The lowest BCUT2D eigenvalue weighted by Crippen LogP contribution is -2.46. The summed E-state index contributed by atoms with van der Waals surface area (Å²) in [6.45, 7) is 2.03. The normalized spacial score (nSPS) is 13.2. The van der Waals surface area contributed by atoms with Crippen molar-refractivity contribution in [2.24, 2.45) is 0 Å². The van der Waals surface area contributed by atoms with E-state index >= 15 is 0 Å². The number of benzene rings is 1. The van der Waals surface area contributed by atoms with E-state index in [1.807, 2.05) is 6.07 Å². The molecule has 2 N–H and O–H groups in total. The lowest BCUT2D eigenvalue weighted by molar-refractivity contribution is -0.143. The van der Waals surface area contributed by atoms with Gasteiger partial charge < -0.3 is 19.9 Å². The largest absolute Gasteiger partial charge is 0.481 e. The molecule has 1 aromatic rings. The zero-order valence-corrected chi connectivity index (χ0v) is 12.2. The minimum Gasteiger partial charge on any atom is -0.481 e. The number of nitrogens with one attached hydrogen (secondary N) is 1. The molecule has 1 rings (SSSR count). The summed E-state index contributed by atoms with van der Waals surface area (Å²) in [7, 11) is 1.55. The van der Waals surface area contributed by atoms with Gasteiger partial charge in [-0.15, -0.1) is 0 Å². The topological polar surface area (TPSA) is 84.9 Å². The van der Waals surface area contributed by atoms with Gasteiger partial charge in [0.2, 0.25) is 0 Å². The van der Waals surface area contributed by atoms with Crippen molar-refractivity contribution in [2.75, 3.05) is 13.7 Å². The lowest BCUT2D eigenvalue weighted by atomic mass is 10.1. The molecule has 0 radical (unpaired) electrons. The molecule has 0 aliphatic carbocycles. The molecule has 0 aliphatic heterocycles. The number of carboxylic acid groups (broad SMARTS) is 1. The van der Waals surface area contributed by atoms with E-state index in [-0.39, 0.29) is 0 Å². The molecule has 0 aromatic heterocycles. The monoisotopic (exact) mass is 295 g/mol. The average Bonchev–Trinajstić information content (AvgIpc) is 2.47. The van der Waals surface area contributed by atoms with Crippen LogP contribution in [-0.2, 0) is 14.3 Å². The molecule has 6 nitrogen and oxygen atoms in total. The lowest BCUT2D eigenvalue weighted by Gasteiger charge is -2.18. The fourth-order valence-corrected chi connectivity index (χ4v) is 1.73. The Hall–Kier alpha value is -2.08. The maximum absolute atomic E-state index is 12.0. The molecule has 0 saturated heterocycles. The van der Waals surface area contributed by atoms with E-state index < -0.39 is 24.0 Å². The van der Waals surface area contributed by atoms with Gasteiger partial charge in [-0.1, -0.05) is 18.2 Å². The third-order valence-electron chi connectivity index (χ3n) is 2.88. The van der Waals surface area contributed by atoms with Crippen LogP contribution in [-0.4, -0.2) is 42.8 Å². The third-order valence-corrected chi connectivity index (χ3v) is 2.88. The summed E-state index contributed by atoms with van der Waals surface area (Å²) < 4.78 is 10.3. The first-order valence-electron chi connectivity index (χ1n) is 6.78. The molecule has 0 heterocycles. The molecule has 1 aromatic carbocycles. The number of amides is 1. The van der Waals surface area contributed by atoms with E-state index in [9.17, 15) is 9.59 Å². The summed E-state index contributed by atoms with van der Waals surface area (Å²) in [4.78, 5) is 23.1.